The van der Waals surface area contributed by atoms with Crippen LogP contribution in [0.2, 0.25) is 0 Å². The van der Waals surface area contributed by atoms with E-state index in [1.807, 2.05) is 29.2 Å². The maximum Gasteiger partial charge on any atom is 0.223 e. The number of piperidine rings is 1. The average molecular weight is 386 g/mol. The molecule has 5 nitrogen and oxygen atoms in total. The van der Waals surface area contributed by atoms with Crippen molar-refractivity contribution in [2.45, 2.75) is 38.1 Å². The normalized spacial score (nSPS) is 17.3. The molecule has 1 aliphatic heterocycles. The second-order valence-corrected chi connectivity index (χ2v) is 8.02. The average Bonchev–Trinajstić information content (AvgIpc) is 3.33. The molecule has 5 heteroatoms. The molecule has 0 spiro atoms. The molecule has 4 aromatic rings. The highest BCUT2D eigenvalue weighted by molar-refractivity contribution is 5.85. The molecule has 1 saturated heterocycles. The number of para-hydroxylation sites is 3. The second kappa shape index (κ2) is 7.39. The van der Waals surface area contributed by atoms with Crippen molar-refractivity contribution in [1.29, 1.82) is 0 Å². The lowest BCUT2D eigenvalue weighted by atomic mass is 10.00. The molecule has 1 aliphatic rings. The van der Waals surface area contributed by atoms with E-state index in [4.69, 9.17) is 4.98 Å². The molecule has 148 valence electrons. The number of aromatic amines is 1. The van der Waals surface area contributed by atoms with E-state index in [2.05, 4.69) is 47.1 Å². The Hall–Kier alpha value is -3.08. The van der Waals surface area contributed by atoms with Gasteiger partial charge in [-0.25, -0.2) is 4.98 Å². The van der Waals surface area contributed by atoms with E-state index in [0.717, 1.165) is 49.1 Å². The van der Waals surface area contributed by atoms with Gasteiger partial charge in [0.15, 0.2) is 0 Å². The summed E-state index contributed by atoms with van der Waals surface area (Å²) in [6.45, 7) is 0.816. The Morgan fingerprint density at radius 2 is 1.97 bits per heavy atom. The Bertz CT molecular complexity index is 1140. The fraction of sp³-hybridized carbons (Fsp3) is 0.333. The second-order valence-electron chi connectivity index (χ2n) is 8.02. The van der Waals surface area contributed by atoms with Gasteiger partial charge in [-0.15, -0.1) is 0 Å². The van der Waals surface area contributed by atoms with Crippen LogP contribution < -0.4 is 0 Å². The molecule has 1 fully saturated rings. The Kier molecular flexibility index (Phi) is 4.58. The Balaban J connectivity index is 1.35. The topological polar surface area (TPSA) is 53.9 Å². The van der Waals surface area contributed by atoms with Crippen LogP contribution >= 0.6 is 0 Å². The minimum atomic E-state index is 0.0520. The molecule has 1 atom stereocenters. The van der Waals surface area contributed by atoms with E-state index in [9.17, 15) is 4.79 Å². The van der Waals surface area contributed by atoms with Crippen LogP contribution in [0.1, 0.15) is 43.1 Å². The van der Waals surface area contributed by atoms with Crippen LogP contribution in [-0.2, 0) is 18.3 Å². The largest absolute Gasteiger partial charge is 0.350 e. The smallest absolute Gasteiger partial charge is 0.223 e. The first kappa shape index (κ1) is 18.0. The number of hydrogen-bond acceptors (Lipinski definition) is 2. The molecule has 2 aromatic carbocycles. The zero-order valence-electron chi connectivity index (χ0n) is 16.8. The third-order valence-electron chi connectivity index (χ3n) is 6.13. The minimum Gasteiger partial charge on any atom is -0.350 e. The first-order valence-corrected chi connectivity index (χ1v) is 10.5. The number of likely N-dealkylation sites (tertiary alicyclic amines) is 1. The van der Waals surface area contributed by atoms with Gasteiger partial charge in [0.05, 0.1) is 17.1 Å². The van der Waals surface area contributed by atoms with E-state index in [-0.39, 0.29) is 11.9 Å². The zero-order valence-corrected chi connectivity index (χ0v) is 16.8. The molecular formula is C24H26N4O. The highest BCUT2D eigenvalue weighted by Crippen LogP contribution is 2.31. The van der Waals surface area contributed by atoms with Crippen LogP contribution in [0.25, 0.3) is 21.9 Å². The molecule has 0 aliphatic carbocycles. The predicted octanol–water partition coefficient (Wildman–Crippen LogP) is 4.74. The quantitative estimate of drug-likeness (QED) is 0.551. The highest BCUT2D eigenvalue weighted by Gasteiger charge is 2.30. The van der Waals surface area contributed by atoms with Crippen molar-refractivity contribution in [3.8, 4) is 0 Å². The molecule has 1 unspecified atom stereocenters. The number of H-pyrrole nitrogens is 1. The Morgan fingerprint density at radius 3 is 2.86 bits per heavy atom. The van der Waals surface area contributed by atoms with Crippen molar-refractivity contribution in [2.24, 2.45) is 7.05 Å². The number of carbonyl (C=O) groups is 1. The van der Waals surface area contributed by atoms with Gasteiger partial charge in [-0.3, -0.25) is 4.79 Å². The number of benzene rings is 2. The van der Waals surface area contributed by atoms with Gasteiger partial charge in [-0.1, -0.05) is 30.3 Å². The van der Waals surface area contributed by atoms with Gasteiger partial charge < -0.3 is 14.5 Å². The molecule has 5 rings (SSSR count). The maximum absolute atomic E-state index is 13.2. The number of nitrogens with one attached hydrogen (secondary N) is 1. The molecule has 3 heterocycles. The van der Waals surface area contributed by atoms with E-state index in [1.54, 1.807) is 0 Å². The fourth-order valence-electron chi connectivity index (χ4n) is 4.65. The van der Waals surface area contributed by atoms with E-state index in [1.165, 1.54) is 16.5 Å². The summed E-state index contributed by atoms with van der Waals surface area (Å²) in [6.07, 6.45) is 6.63. The lowest BCUT2D eigenvalue weighted by Crippen LogP contribution is -2.39. The summed E-state index contributed by atoms with van der Waals surface area (Å²) in [5, 5.41) is 1.25. The number of fused-ring (bicyclic) bond motifs is 2. The molecule has 1 N–H and O–H groups in total. The first-order valence-electron chi connectivity index (χ1n) is 10.5. The molecule has 0 bridgehead atoms. The first-order chi connectivity index (χ1) is 14.2. The SMILES string of the molecule is Cn1cc(CCC(=O)N2CCCCC2c2nc3ccccc3[nH]2)c2ccccc21. The molecule has 29 heavy (non-hydrogen) atoms. The third kappa shape index (κ3) is 3.31. The van der Waals surface area contributed by atoms with Gasteiger partial charge in [0, 0.05) is 37.1 Å². The van der Waals surface area contributed by atoms with Crippen molar-refractivity contribution in [3.63, 3.8) is 0 Å². The van der Waals surface area contributed by atoms with Gasteiger partial charge in [0.2, 0.25) is 5.91 Å². The standard InChI is InChI=1S/C24H26N4O/c1-27-16-17(18-8-2-5-11-21(18)27)13-14-23(29)28-15-7-6-12-22(28)24-25-19-9-3-4-10-20(19)26-24/h2-5,8-11,16,22H,6-7,12-15H2,1H3,(H,25,26). The number of amides is 1. The Morgan fingerprint density at radius 1 is 1.14 bits per heavy atom. The van der Waals surface area contributed by atoms with Crippen molar-refractivity contribution < 1.29 is 4.79 Å². The van der Waals surface area contributed by atoms with E-state index >= 15 is 0 Å². The van der Waals surface area contributed by atoms with Gasteiger partial charge >= 0.3 is 0 Å². The van der Waals surface area contributed by atoms with Crippen LogP contribution in [0.5, 0.6) is 0 Å². The zero-order chi connectivity index (χ0) is 19.8. The van der Waals surface area contributed by atoms with Crippen molar-refractivity contribution in [1.82, 2.24) is 19.4 Å². The summed E-state index contributed by atoms with van der Waals surface area (Å²) in [6, 6.07) is 16.5. The van der Waals surface area contributed by atoms with E-state index in [0.29, 0.717) is 6.42 Å². The van der Waals surface area contributed by atoms with Crippen LogP contribution in [0.4, 0.5) is 0 Å². The Labute approximate surface area is 170 Å². The summed E-state index contributed by atoms with van der Waals surface area (Å²) in [4.78, 5) is 23.5. The molecule has 0 saturated carbocycles. The van der Waals surface area contributed by atoms with Gasteiger partial charge in [0.25, 0.3) is 0 Å². The summed E-state index contributed by atoms with van der Waals surface area (Å²) in [5.74, 6) is 1.15. The van der Waals surface area contributed by atoms with Gasteiger partial charge in [-0.05, 0) is 49.4 Å². The summed E-state index contributed by atoms with van der Waals surface area (Å²) < 4.78 is 2.15. The lowest BCUT2D eigenvalue weighted by Gasteiger charge is -2.34. The summed E-state index contributed by atoms with van der Waals surface area (Å²) in [7, 11) is 2.07. The van der Waals surface area contributed by atoms with E-state index < -0.39 is 0 Å². The number of hydrogen-bond donors (Lipinski definition) is 1. The molecule has 2 aromatic heterocycles. The number of imidazole rings is 1. The summed E-state index contributed by atoms with van der Waals surface area (Å²) in [5.41, 5.74) is 4.47. The number of carbonyl (C=O) groups excluding carboxylic acids is 1. The molecule has 1 amide bonds. The van der Waals surface area contributed by atoms with Crippen molar-refractivity contribution >= 4 is 27.8 Å². The minimum absolute atomic E-state index is 0.0520. The van der Waals surface area contributed by atoms with Crippen LogP contribution in [0.3, 0.4) is 0 Å². The van der Waals surface area contributed by atoms with Gasteiger partial charge in [-0.2, -0.15) is 0 Å². The predicted molar refractivity (Wildman–Crippen MR) is 116 cm³/mol. The summed E-state index contributed by atoms with van der Waals surface area (Å²) >= 11 is 0. The number of aryl methyl sites for hydroxylation is 2. The monoisotopic (exact) mass is 386 g/mol. The van der Waals surface area contributed by atoms with Crippen LogP contribution in [0.15, 0.2) is 54.7 Å². The number of nitrogens with zero attached hydrogens (tertiary/aromatic N) is 3. The highest BCUT2D eigenvalue weighted by atomic mass is 16.2. The molecular weight excluding hydrogens is 360 g/mol. The van der Waals surface area contributed by atoms with Crippen molar-refractivity contribution in [2.75, 3.05) is 6.54 Å². The van der Waals surface area contributed by atoms with Crippen LogP contribution in [0, 0.1) is 0 Å². The lowest BCUT2D eigenvalue weighted by molar-refractivity contribution is -0.135. The molecule has 0 radical (unpaired) electrons. The number of rotatable bonds is 4. The maximum atomic E-state index is 13.2. The number of aromatic nitrogens is 3. The fourth-order valence-corrected chi connectivity index (χ4v) is 4.65. The third-order valence-corrected chi connectivity index (χ3v) is 6.13. The van der Waals surface area contributed by atoms with Crippen LogP contribution in [-0.4, -0.2) is 31.9 Å². The van der Waals surface area contributed by atoms with Crippen molar-refractivity contribution in [3.05, 3.63) is 66.1 Å². The van der Waals surface area contributed by atoms with Gasteiger partial charge in [0.1, 0.15) is 5.82 Å².